The maximum atomic E-state index is 12.9. The Labute approximate surface area is 103 Å². The van der Waals surface area contributed by atoms with Crippen molar-refractivity contribution in [1.29, 1.82) is 0 Å². The monoisotopic (exact) mass is 235 g/mol. The first-order valence-electron chi connectivity index (χ1n) is 6.57. The Bertz CT molecular complexity index is 352. The molecule has 1 aromatic carbocycles. The fraction of sp³-hybridized carbons (Fsp3) is 0.600. The molecule has 1 fully saturated rings. The molecular weight excluding hydrogens is 213 g/mol. The van der Waals surface area contributed by atoms with Gasteiger partial charge in [-0.1, -0.05) is 32.9 Å². The average molecular weight is 235 g/mol. The summed E-state index contributed by atoms with van der Waals surface area (Å²) < 4.78 is 12.9. The molecule has 0 radical (unpaired) electrons. The van der Waals surface area contributed by atoms with Gasteiger partial charge >= 0.3 is 0 Å². The maximum Gasteiger partial charge on any atom is 0.123 e. The smallest absolute Gasteiger partial charge is 0.123 e. The number of benzene rings is 1. The lowest BCUT2D eigenvalue weighted by Gasteiger charge is -2.38. The summed E-state index contributed by atoms with van der Waals surface area (Å²) in [5.41, 5.74) is 1.20. The van der Waals surface area contributed by atoms with E-state index in [0.29, 0.717) is 18.0 Å². The van der Waals surface area contributed by atoms with Crippen LogP contribution in [0.4, 0.5) is 4.39 Å². The lowest BCUT2D eigenvalue weighted by molar-refractivity contribution is 0.205. The van der Waals surface area contributed by atoms with Crippen LogP contribution in [0.5, 0.6) is 0 Å². The van der Waals surface area contributed by atoms with Crippen molar-refractivity contribution in [1.82, 2.24) is 5.32 Å². The first-order valence-corrected chi connectivity index (χ1v) is 6.57. The molecule has 1 saturated carbocycles. The number of rotatable bonds is 4. The van der Waals surface area contributed by atoms with Crippen molar-refractivity contribution >= 4 is 0 Å². The number of hydrogen-bond donors (Lipinski definition) is 1. The summed E-state index contributed by atoms with van der Waals surface area (Å²) in [5.74, 6) is 1.22. The van der Waals surface area contributed by atoms with Gasteiger partial charge in [0.25, 0.3) is 0 Å². The molecular formula is C15H22FN. The lowest BCUT2D eigenvalue weighted by Crippen LogP contribution is -2.43. The largest absolute Gasteiger partial charge is 0.307 e. The van der Waals surface area contributed by atoms with Gasteiger partial charge in [0.1, 0.15) is 5.82 Å². The molecule has 0 bridgehead atoms. The minimum absolute atomic E-state index is 0.159. The highest BCUT2D eigenvalue weighted by Gasteiger charge is 2.28. The molecule has 1 aliphatic carbocycles. The Balaban J connectivity index is 2.04. The van der Waals surface area contributed by atoms with E-state index in [2.05, 4.69) is 26.1 Å². The molecule has 1 aliphatic rings. The van der Waals surface area contributed by atoms with Crippen LogP contribution in [0.15, 0.2) is 24.3 Å². The summed E-state index contributed by atoms with van der Waals surface area (Å²) in [5, 5.41) is 3.70. The molecule has 17 heavy (non-hydrogen) atoms. The third kappa shape index (κ3) is 3.06. The molecule has 0 aliphatic heterocycles. The van der Waals surface area contributed by atoms with Crippen LogP contribution in [0.1, 0.15) is 45.2 Å². The summed E-state index contributed by atoms with van der Waals surface area (Å²) in [6, 6.07) is 7.88. The Morgan fingerprint density at radius 3 is 2.24 bits per heavy atom. The van der Waals surface area contributed by atoms with Crippen molar-refractivity contribution in [2.24, 2.45) is 11.8 Å². The normalized spacial score (nSPS) is 25.7. The van der Waals surface area contributed by atoms with Gasteiger partial charge in [-0.2, -0.15) is 0 Å². The minimum atomic E-state index is -0.159. The molecule has 1 aromatic rings. The lowest BCUT2D eigenvalue weighted by atomic mass is 9.80. The zero-order valence-corrected chi connectivity index (χ0v) is 10.9. The van der Waals surface area contributed by atoms with Crippen molar-refractivity contribution in [2.45, 2.75) is 45.7 Å². The van der Waals surface area contributed by atoms with E-state index in [1.54, 1.807) is 12.1 Å². The topological polar surface area (TPSA) is 12.0 Å². The Morgan fingerprint density at radius 2 is 1.76 bits per heavy atom. The summed E-state index contributed by atoms with van der Waals surface area (Å²) in [4.78, 5) is 0. The van der Waals surface area contributed by atoms with Crippen molar-refractivity contribution in [3.8, 4) is 0 Å². The van der Waals surface area contributed by atoms with Gasteiger partial charge < -0.3 is 5.32 Å². The van der Waals surface area contributed by atoms with Crippen LogP contribution >= 0.6 is 0 Å². The third-order valence-corrected chi connectivity index (χ3v) is 3.68. The maximum absolute atomic E-state index is 12.9. The van der Waals surface area contributed by atoms with E-state index in [9.17, 15) is 4.39 Å². The summed E-state index contributed by atoms with van der Waals surface area (Å²) >= 11 is 0. The van der Waals surface area contributed by atoms with Gasteiger partial charge in [-0.25, -0.2) is 4.39 Å². The van der Waals surface area contributed by atoms with Gasteiger partial charge in [-0.05, 0) is 42.4 Å². The van der Waals surface area contributed by atoms with Crippen LogP contribution in [-0.4, -0.2) is 6.04 Å². The van der Waals surface area contributed by atoms with Gasteiger partial charge in [0.05, 0.1) is 0 Å². The molecule has 2 rings (SSSR count). The van der Waals surface area contributed by atoms with E-state index in [1.165, 1.54) is 18.4 Å². The Hall–Kier alpha value is -0.890. The van der Waals surface area contributed by atoms with Crippen LogP contribution in [0.2, 0.25) is 0 Å². The highest BCUT2D eigenvalue weighted by atomic mass is 19.1. The summed E-state index contributed by atoms with van der Waals surface area (Å²) in [7, 11) is 0. The van der Waals surface area contributed by atoms with Crippen molar-refractivity contribution in [3.05, 3.63) is 35.6 Å². The highest BCUT2D eigenvalue weighted by Crippen LogP contribution is 2.31. The zero-order chi connectivity index (χ0) is 12.4. The first-order chi connectivity index (χ1) is 8.06. The molecule has 94 valence electrons. The van der Waals surface area contributed by atoms with Crippen LogP contribution in [0.25, 0.3) is 0 Å². The molecule has 0 heterocycles. The molecule has 0 spiro atoms. The quantitative estimate of drug-likeness (QED) is 0.834. The SMILES string of the molecule is CC1CC(NC(c2ccc(F)cc2)C(C)C)C1. The van der Waals surface area contributed by atoms with Gasteiger partial charge in [0, 0.05) is 12.1 Å². The van der Waals surface area contributed by atoms with Gasteiger partial charge in [-0.15, -0.1) is 0 Å². The summed E-state index contributed by atoms with van der Waals surface area (Å²) in [6.45, 7) is 6.71. The van der Waals surface area contributed by atoms with Gasteiger partial charge in [0.15, 0.2) is 0 Å². The van der Waals surface area contributed by atoms with Crippen LogP contribution in [0, 0.1) is 17.7 Å². The van der Waals surface area contributed by atoms with Gasteiger partial charge in [0.2, 0.25) is 0 Å². The van der Waals surface area contributed by atoms with E-state index < -0.39 is 0 Å². The summed E-state index contributed by atoms with van der Waals surface area (Å²) in [6.07, 6.45) is 2.54. The molecule has 1 atom stereocenters. The number of hydrogen-bond acceptors (Lipinski definition) is 1. The van der Waals surface area contributed by atoms with Gasteiger partial charge in [-0.3, -0.25) is 0 Å². The average Bonchev–Trinajstić information content (AvgIpc) is 2.24. The third-order valence-electron chi connectivity index (χ3n) is 3.68. The van der Waals surface area contributed by atoms with E-state index in [0.717, 1.165) is 5.92 Å². The van der Waals surface area contributed by atoms with Crippen molar-refractivity contribution in [2.75, 3.05) is 0 Å². The number of nitrogens with one attached hydrogen (secondary N) is 1. The first kappa shape index (κ1) is 12.6. The van der Waals surface area contributed by atoms with Crippen molar-refractivity contribution in [3.63, 3.8) is 0 Å². The molecule has 1 nitrogen and oxygen atoms in total. The molecule has 0 amide bonds. The van der Waals surface area contributed by atoms with E-state index in [1.807, 2.05) is 12.1 Å². The Kier molecular flexibility index (Phi) is 3.82. The van der Waals surface area contributed by atoms with Crippen molar-refractivity contribution < 1.29 is 4.39 Å². The molecule has 1 unspecified atom stereocenters. The standard InChI is InChI=1S/C15H22FN/c1-10(2)15(17-14-8-11(3)9-14)12-4-6-13(16)7-5-12/h4-7,10-11,14-15,17H,8-9H2,1-3H3. The zero-order valence-electron chi connectivity index (χ0n) is 10.9. The predicted octanol–water partition coefficient (Wildman–Crippen LogP) is 3.91. The van der Waals surface area contributed by atoms with Crippen LogP contribution < -0.4 is 5.32 Å². The fourth-order valence-corrected chi connectivity index (χ4v) is 2.64. The minimum Gasteiger partial charge on any atom is -0.307 e. The predicted molar refractivity (Wildman–Crippen MR) is 69.3 cm³/mol. The van der Waals surface area contributed by atoms with Crippen LogP contribution in [0.3, 0.4) is 0 Å². The molecule has 0 aromatic heterocycles. The molecule has 1 N–H and O–H groups in total. The number of halogens is 1. The fourth-order valence-electron chi connectivity index (χ4n) is 2.64. The molecule has 2 heteroatoms. The second-order valence-corrected chi connectivity index (χ2v) is 5.71. The second kappa shape index (κ2) is 5.18. The van der Waals surface area contributed by atoms with E-state index in [-0.39, 0.29) is 5.82 Å². The molecule has 0 saturated heterocycles. The van der Waals surface area contributed by atoms with E-state index in [4.69, 9.17) is 0 Å². The van der Waals surface area contributed by atoms with E-state index >= 15 is 0 Å². The second-order valence-electron chi connectivity index (χ2n) is 5.71. The Morgan fingerprint density at radius 1 is 1.18 bits per heavy atom. The van der Waals surface area contributed by atoms with Crippen LogP contribution in [-0.2, 0) is 0 Å². The highest BCUT2D eigenvalue weighted by molar-refractivity contribution is 5.20.